The van der Waals surface area contributed by atoms with Gasteiger partial charge >= 0.3 is 0 Å². The minimum absolute atomic E-state index is 0.0524. The van der Waals surface area contributed by atoms with Crippen LogP contribution in [0.2, 0.25) is 0 Å². The molecule has 1 aliphatic carbocycles. The van der Waals surface area contributed by atoms with Gasteiger partial charge in [0.2, 0.25) is 11.8 Å². The van der Waals surface area contributed by atoms with E-state index < -0.39 is 0 Å². The van der Waals surface area contributed by atoms with Crippen LogP contribution in [0.25, 0.3) is 10.2 Å². The third-order valence-corrected chi connectivity index (χ3v) is 5.88. The molecule has 3 N–H and O–H groups in total. The number of aryl methyl sites for hydroxylation is 1. The summed E-state index contributed by atoms with van der Waals surface area (Å²) in [5.41, 5.74) is 5.49. The number of thioether (sulfide) groups is 1. The van der Waals surface area contributed by atoms with Crippen LogP contribution < -0.4 is 16.4 Å². The molecule has 0 spiro atoms. The second kappa shape index (κ2) is 6.94. The summed E-state index contributed by atoms with van der Waals surface area (Å²) in [6, 6.07) is 0. The topological polar surface area (TPSA) is 104 Å². The summed E-state index contributed by atoms with van der Waals surface area (Å²) >= 11 is 2.71. The number of H-pyrrole nitrogens is 1. The first-order valence-electron chi connectivity index (χ1n) is 7.67. The minimum Gasteiger partial charge on any atom is -0.301 e. The Hall–Kier alpha value is -1.87. The summed E-state index contributed by atoms with van der Waals surface area (Å²) in [6.45, 7) is 3.53. The van der Waals surface area contributed by atoms with E-state index in [2.05, 4.69) is 27.7 Å². The van der Waals surface area contributed by atoms with Crippen molar-refractivity contribution in [3.8, 4) is 0 Å². The fourth-order valence-electron chi connectivity index (χ4n) is 2.73. The standard InChI is InChI=1S/C15H18N4O3S2/c1-7-3-4-9-10(5-7)24-14-12(9)13(22)16-15(17-14)23-6-11(21)19-18-8(2)20/h7H,3-6H2,1-2H3,(H,18,20)(H,19,21)(H,16,17,22)/t7-/m1/s1. The Balaban J connectivity index is 1.78. The molecule has 3 rings (SSSR count). The summed E-state index contributed by atoms with van der Waals surface area (Å²) in [5.74, 6) is -0.0236. The van der Waals surface area contributed by atoms with Crippen LogP contribution in [0.4, 0.5) is 0 Å². The summed E-state index contributed by atoms with van der Waals surface area (Å²) < 4.78 is 0. The number of thiophene rings is 1. The number of nitrogens with one attached hydrogen (secondary N) is 3. The predicted molar refractivity (Wildman–Crippen MR) is 94.1 cm³/mol. The Labute approximate surface area is 146 Å². The number of aromatic amines is 1. The lowest BCUT2D eigenvalue weighted by Crippen LogP contribution is -2.41. The number of hydrogen-bond acceptors (Lipinski definition) is 6. The van der Waals surface area contributed by atoms with Crippen LogP contribution in [-0.4, -0.2) is 27.5 Å². The number of rotatable bonds is 3. The second-order valence-corrected chi connectivity index (χ2v) is 7.97. The number of hydrazine groups is 1. The molecule has 2 aromatic heterocycles. The number of nitrogens with zero attached hydrogens (tertiary/aromatic N) is 1. The van der Waals surface area contributed by atoms with E-state index in [0.29, 0.717) is 16.5 Å². The average Bonchev–Trinajstić information content (AvgIpc) is 2.88. The normalized spacial score (nSPS) is 16.7. The summed E-state index contributed by atoms with van der Waals surface area (Å²) in [6.07, 6.45) is 3.02. The highest BCUT2D eigenvalue weighted by Crippen LogP contribution is 2.36. The van der Waals surface area contributed by atoms with Crippen molar-refractivity contribution < 1.29 is 9.59 Å². The quantitative estimate of drug-likeness (QED) is 0.432. The molecule has 1 atom stereocenters. The third-order valence-electron chi connectivity index (χ3n) is 3.86. The molecule has 24 heavy (non-hydrogen) atoms. The van der Waals surface area contributed by atoms with Crippen molar-refractivity contribution in [1.29, 1.82) is 0 Å². The lowest BCUT2D eigenvalue weighted by molar-refractivity contribution is -0.126. The molecule has 7 nitrogen and oxygen atoms in total. The van der Waals surface area contributed by atoms with E-state index in [1.807, 2.05) is 0 Å². The maximum atomic E-state index is 12.4. The zero-order chi connectivity index (χ0) is 17.3. The molecule has 0 unspecified atom stereocenters. The molecule has 2 heterocycles. The number of fused-ring (bicyclic) bond motifs is 3. The second-order valence-electron chi connectivity index (χ2n) is 5.92. The van der Waals surface area contributed by atoms with E-state index in [1.165, 1.54) is 11.8 Å². The van der Waals surface area contributed by atoms with Gasteiger partial charge < -0.3 is 4.98 Å². The minimum atomic E-state index is -0.364. The maximum Gasteiger partial charge on any atom is 0.260 e. The lowest BCUT2D eigenvalue weighted by Gasteiger charge is -2.17. The SMILES string of the molecule is CC(=O)NNC(=O)CSc1nc2sc3c(c2c(=O)[nH]1)CC[C@@H](C)C3. The van der Waals surface area contributed by atoms with Crippen molar-refractivity contribution >= 4 is 45.1 Å². The molecule has 2 amide bonds. The van der Waals surface area contributed by atoms with E-state index in [4.69, 9.17) is 0 Å². The van der Waals surface area contributed by atoms with Gasteiger partial charge in [-0.2, -0.15) is 0 Å². The van der Waals surface area contributed by atoms with Gasteiger partial charge in [-0.25, -0.2) is 4.98 Å². The van der Waals surface area contributed by atoms with Crippen molar-refractivity contribution in [3.05, 3.63) is 20.8 Å². The van der Waals surface area contributed by atoms with Crippen molar-refractivity contribution in [1.82, 2.24) is 20.8 Å². The van der Waals surface area contributed by atoms with Crippen molar-refractivity contribution in [2.45, 2.75) is 38.3 Å². The first kappa shape index (κ1) is 17.0. The molecule has 2 aromatic rings. The van der Waals surface area contributed by atoms with Gasteiger partial charge in [0.25, 0.3) is 5.56 Å². The number of hydrogen-bond donors (Lipinski definition) is 3. The first-order chi connectivity index (χ1) is 11.4. The number of carbonyl (C=O) groups excluding carboxylic acids is 2. The molecular formula is C15H18N4O3S2. The van der Waals surface area contributed by atoms with Crippen LogP contribution in [0, 0.1) is 5.92 Å². The van der Waals surface area contributed by atoms with Gasteiger partial charge in [-0.15, -0.1) is 11.3 Å². The van der Waals surface area contributed by atoms with Gasteiger partial charge in [0.05, 0.1) is 11.1 Å². The molecule has 0 aromatic carbocycles. The Morgan fingerprint density at radius 2 is 2.21 bits per heavy atom. The smallest absolute Gasteiger partial charge is 0.260 e. The van der Waals surface area contributed by atoms with E-state index in [0.717, 1.165) is 41.4 Å². The van der Waals surface area contributed by atoms with Gasteiger partial charge in [0, 0.05) is 11.8 Å². The van der Waals surface area contributed by atoms with Crippen LogP contribution in [-0.2, 0) is 22.4 Å². The van der Waals surface area contributed by atoms with Gasteiger partial charge in [-0.3, -0.25) is 25.2 Å². The molecule has 0 bridgehead atoms. The summed E-state index contributed by atoms with van der Waals surface area (Å²) in [5, 5.41) is 1.12. The van der Waals surface area contributed by atoms with Gasteiger partial charge in [-0.05, 0) is 30.7 Å². The van der Waals surface area contributed by atoms with Crippen molar-refractivity contribution in [2.75, 3.05) is 5.75 Å². The van der Waals surface area contributed by atoms with E-state index in [1.54, 1.807) is 11.3 Å². The van der Waals surface area contributed by atoms with E-state index in [-0.39, 0.29) is 23.1 Å². The zero-order valence-corrected chi connectivity index (χ0v) is 15.0. The molecule has 1 aliphatic rings. The highest BCUT2D eigenvalue weighted by molar-refractivity contribution is 7.99. The number of carbonyl (C=O) groups is 2. The van der Waals surface area contributed by atoms with Crippen LogP contribution >= 0.6 is 23.1 Å². The number of aromatic nitrogens is 2. The molecular weight excluding hydrogens is 348 g/mol. The summed E-state index contributed by atoms with van der Waals surface area (Å²) in [7, 11) is 0. The molecule has 9 heteroatoms. The third kappa shape index (κ3) is 3.62. The first-order valence-corrected chi connectivity index (χ1v) is 9.47. The molecule has 0 aliphatic heterocycles. The fourth-order valence-corrected chi connectivity index (χ4v) is 4.83. The van der Waals surface area contributed by atoms with E-state index in [9.17, 15) is 14.4 Å². The van der Waals surface area contributed by atoms with Gasteiger partial charge in [-0.1, -0.05) is 18.7 Å². The van der Waals surface area contributed by atoms with Crippen LogP contribution in [0.1, 0.15) is 30.7 Å². The van der Waals surface area contributed by atoms with Gasteiger partial charge in [0.15, 0.2) is 5.16 Å². The highest BCUT2D eigenvalue weighted by atomic mass is 32.2. The largest absolute Gasteiger partial charge is 0.301 e. The Morgan fingerprint density at radius 1 is 1.42 bits per heavy atom. The van der Waals surface area contributed by atoms with Crippen LogP contribution in [0.5, 0.6) is 0 Å². The average molecular weight is 366 g/mol. The molecule has 0 saturated carbocycles. The molecule has 128 valence electrons. The van der Waals surface area contributed by atoms with Gasteiger partial charge in [0.1, 0.15) is 4.83 Å². The molecule has 0 radical (unpaired) electrons. The lowest BCUT2D eigenvalue weighted by atomic mass is 9.89. The fraction of sp³-hybridized carbons (Fsp3) is 0.467. The Kier molecular flexibility index (Phi) is 4.91. The van der Waals surface area contributed by atoms with Crippen LogP contribution in [0.15, 0.2) is 9.95 Å². The van der Waals surface area contributed by atoms with Crippen molar-refractivity contribution in [3.63, 3.8) is 0 Å². The zero-order valence-electron chi connectivity index (χ0n) is 13.4. The number of amides is 2. The van der Waals surface area contributed by atoms with Crippen LogP contribution in [0.3, 0.4) is 0 Å². The molecule has 0 saturated heterocycles. The Bertz CT molecular complexity index is 858. The monoisotopic (exact) mass is 366 g/mol. The van der Waals surface area contributed by atoms with E-state index >= 15 is 0 Å². The highest BCUT2D eigenvalue weighted by Gasteiger charge is 2.23. The molecule has 0 fully saturated rings. The summed E-state index contributed by atoms with van der Waals surface area (Å²) in [4.78, 5) is 44.0. The maximum absolute atomic E-state index is 12.4. The predicted octanol–water partition coefficient (Wildman–Crippen LogP) is 1.37. The van der Waals surface area contributed by atoms with Crippen molar-refractivity contribution in [2.24, 2.45) is 5.92 Å². The Morgan fingerprint density at radius 3 is 2.96 bits per heavy atom.